The van der Waals surface area contributed by atoms with Gasteiger partial charge in [-0.1, -0.05) is 36.4 Å². The molecule has 0 spiro atoms. The minimum atomic E-state index is 0.549. The van der Waals surface area contributed by atoms with E-state index in [0.29, 0.717) is 5.69 Å². The Kier molecular flexibility index (Phi) is 1.91. The Morgan fingerprint density at radius 3 is 2.92 bits per heavy atom. The topological polar surface area (TPSA) is 29.4 Å². The highest BCUT2D eigenvalue weighted by Gasteiger charge is 1.97. The van der Waals surface area contributed by atoms with Crippen LogP contribution >= 0.6 is 0 Å². The normalized spacial score (nSPS) is 9.54. The number of hydrogen-bond acceptors (Lipinski definition) is 2. The van der Waals surface area contributed by atoms with Crippen LogP contribution in [0.15, 0.2) is 41.4 Å². The molecule has 2 aromatic rings. The molecule has 0 saturated heterocycles. The van der Waals surface area contributed by atoms with Gasteiger partial charge in [-0.2, -0.15) is 4.99 Å². The number of hydrogen-bond donors (Lipinski definition) is 0. The van der Waals surface area contributed by atoms with E-state index in [1.807, 2.05) is 30.3 Å². The molecule has 2 aromatic carbocycles. The van der Waals surface area contributed by atoms with E-state index in [2.05, 4.69) is 11.1 Å². The highest BCUT2D eigenvalue weighted by atomic mass is 16.1. The molecule has 0 N–H and O–H groups in total. The van der Waals surface area contributed by atoms with E-state index in [1.165, 1.54) is 6.08 Å². The third-order valence-corrected chi connectivity index (χ3v) is 1.86. The van der Waals surface area contributed by atoms with Crippen LogP contribution in [-0.2, 0) is 4.79 Å². The summed E-state index contributed by atoms with van der Waals surface area (Å²) in [7, 11) is 0. The summed E-state index contributed by atoms with van der Waals surface area (Å²) in [5.74, 6) is 0. The molecule has 0 aromatic heterocycles. The Bertz CT molecular complexity index is 479. The number of isocyanates is 1. The summed E-state index contributed by atoms with van der Waals surface area (Å²) in [5, 5.41) is 1.98. The average molecular weight is 168 g/mol. The van der Waals surface area contributed by atoms with E-state index in [9.17, 15) is 4.79 Å². The Morgan fingerprint density at radius 2 is 2.08 bits per heavy atom. The van der Waals surface area contributed by atoms with Gasteiger partial charge in [-0.15, -0.1) is 0 Å². The maximum Gasteiger partial charge on any atom is 0.240 e. The third-order valence-electron chi connectivity index (χ3n) is 1.86. The molecule has 0 aliphatic rings. The summed E-state index contributed by atoms with van der Waals surface area (Å²) in [4.78, 5) is 13.7. The Labute approximate surface area is 75.5 Å². The number of nitrogens with zero attached hydrogens (tertiary/aromatic N) is 1. The van der Waals surface area contributed by atoms with E-state index >= 15 is 0 Å². The minimum absolute atomic E-state index is 0.549. The molecule has 0 bridgehead atoms. The summed E-state index contributed by atoms with van der Waals surface area (Å²) in [6, 6.07) is 14.3. The number of benzene rings is 2. The molecule has 2 rings (SSSR count). The molecule has 0 atom stereocenters. The molecule has 2 heteroatoms. The highest BCUT2D eigenvalue weighted by Crippen LogP contribution is 2.24. The van der Waals surface area contributed by atoms with Crippen molar-refractivity contribution in [3.63, 3.8) is 0 Å². The predicted octanol–water partition coefficient (Wildman–Crippen LogP) is 2.61. The lowest BCUT2D eigenvalue weighted by molar-refractivity contribution is 0.565. The molecule has 61 valence electrons. The molecule has 0 heterocycles. The largest absolute Gasteiger partial charge is 0.240 e. The van der Waals surface area contributed by atoms with E-state index in [4.69, 9.17) is 0 Å². The lowest BCUT2D eigenvalue weighted by Gasteiger charge is -1.97. The van der Waals surface area contributed by atoms with Crippen molar-refractivity contribution in [3.8, 4) is 0 Å². The maximum absolute atomic E-state index is 10.1. The first-order chi connectivity index (χ1) is 6.42. The second-order valence-electron chi connectivity index (χ2n) is 2.62. The van der Waals surface area contributed by atoms with Crippen LogP contribution < -0.4 is 0 Å². The summed E-state index contributed by atoms with van der Waals surface area (Å²) < 4.78 is 0. The third kappa shape index (κ3) is 1.35. The number of aliphatic imine (C=N–C) groups is 1. The fourth-order valence-corrected chi connectivity index (χ4v) is 1.28. The van der Waals surface area contributed by atoms with Crippen molar-refractivity contribution in [3.05, 3.63) is 42.5 Å². The van der Waals surface area contributed by atoms with Gasteiger partial charge in [0.25, 0.3) is 0 Å². The van der Waals surface area contributed by atoms with Crippen molar-refractivity contribution in [1.29, 1.82) is 0 Å². The summed E-state index contributed by atoms with van der Waals surface area (Å²) in [6.45, 7) is 0. The van der Waals surface area contributed by atoms with E-state index in [1.54, 1.807) is 6.07 Å². The summed E-state index contributed by atoms with van der Waals surface area (Å²) in [6.07, 6.45) is 1.52. The lowest BCUT2D eigenvalue weighted by Crippen LogP contribution is -1.72. The van der Waals surface area contributed by atoms with Crippen molar-refractivity contribution in [2.24, 2.45) is 4.99 Å². The zero-order valence-electron chi connectivity index (χ0n) is 6.82. The van der Waals surface area contributed by atoms with Crippen LogP contribution in [0.2, 0.25) is 0 Å². The molecule has 13 heavy (non-hydrogen) atoms. The van der Waals surface area contributed by atoms with E-state index in [0.717, 1.165) is 10.8 Å². The molecule has 0 aliphatic heterocycles. The zero-order chi connectivity index (χ0) is 9.10. The second kappa shape index (κ2) is 3.21. The minimum Gasteiger partial charge on any atom is -0.211 e. The second-order valence-corrected chi connectivity index (χ2v) is 2.62. The van der Waals surface area contributed by atoms with Gasteiger partial charge >= 0.3 is 0 Å². The van der Waals surface area contributed by atoms with Gasteiger partial charge < -0.3 is 0 Å². The highest BCUT2D eigenvalue weighted by molar-refractivity contribution is 5.92. The van der Waals surface area contributed by atoms with Gasteiger partial charge in [0.05, 0.1) is 5.69 Å². The van der Waals surface area contributed by atoms with Crippen LogP contribution in [0.1, 0.15) is 0 Å². The fourth-order valence-electron chi connectivity index (χ4n) is 1.28. The van der Waals surface area contributed by atoms with Gasteiger partial charge in [-0.25, -0.2) is 4.79 Å². The van der Waals surface area contributed by atoms with Crippen LogP contribution in [0, 0.1) is 6.07 Å². The lowest BCUT2D eigenvalue weighted by atomic mass is 10.1. The zero-order valence-corrected chi connectivity index (χ0v) is 6.82. The molecule has 0 aliphatic carbocycles. The maximum atomic E-state index is 10.1. The first-order valence-corrected chi connectivity index (χ1v) is 3.89. The van der Waals surface area contributed by atoms with Crippen LogP contribution in [0.5, 0.6) is 0 Å². The molecule has 0 saturated carbocycles. The number of fused-ring (bicyclic) bond motifs is 1. The van der Waals surface area contributed by atoms with Crippen molar-refractivity contribution < 1.29 is 4.79 Å². The smallest absolute Gasteiger partial charge is 0.211 e. The van der Waals surface area contributed by atoms with Gasteiger partial charge in [0, 0.05) is 11.5 Å². The predicted molar refractivity (Wildman–Crippen MR) is 50.6 cm³/mol. The van der Waals surface area contributed by atoms with Gasteiger partial charge in [0.15, 0.2) is 0 Å². The van der Waals surface area contributed by atoms with Crippen molar-refractivity contribution >= 4 is 22.5 Å². The molecular weight excluding hydrogens is 162 g/mol. The first-order valence-electron chi connectivity index (χ1n) is 3.89. The van der Waals surface area contributed by atoms with Gasteiger partial charge in [0.2, 0.25) is 6.08 Å². The van der Waals surface area contributed by atoms with Crippen molar-refractivity contribution in [2.45, 2.75) is 0 Å². The Balaban J connectivity index is 2.82. The standard InChI is InChI=1S/C11H6NO/c13-8-12-11-7-3-5-9-4-1-2-6-10(9)11/h1-6H. The molecular formula is C11H6NO. The fraction of sp³-hybridized carbons (Fsp3) is 0. The number of rotatable bonds is 1. The molecule has 0 unspecified atom stereocenters. The van der Waals surface area contributed by atoms with E-state index in [-0.39, 0.29) is 0 Å². The SMILES string of the molecule is O=C=Nc1[c]ccc2ccccc12. The Hall–Kier alpha value is -1.92. The van der Waals surface area contributed by atoms with Crippen LogP contribution in [0.4, 0.5) is 5.69 Å². The van der Waals surface area contributed by atoms with Gasteiger partial charge in [-0.05, 0) is 5.39 Å². The van der Waals surface area contributed by atoms with Crippen LogP contribution in [0.25, 0.3) is 10.8 Å². The summed E-state index contributed by atoms with van der Waals surface area (Å²) in [5.41, 5.74) is 0.549. The molecule has 1 radical (unpaired) electrons. The van der Waals surface area contributed by atoms with Crippen molar-refractivity contribution in [2.75, 3.05) is 0 Å². The van der Waals surface area contributed by atoms with Gasteiger partial charge in [0.1, 0.15) is 0 Å². The average Bonchev–Trinajstić information content (AvgIpc) is 2.19. The quantitative estimate of drug-likeness (QED) is 0.475. The van der Waals surface area contributed by atoms with Crippen LogP contribution in [-0.4, -0.2) is 6.08 Å². The van der Waals surface area contributed by atoms with E-state index < -0.39 is 0 Å². The summed E-state index contributed by atoms with van der Waals surface area (Å²) >= 11 is 0. The monoisotopic (exact) mass is 168 g/mol. The molecule has 2 nitrogen and oxygen atoms in total. The van der Waals surface area contributed by atoms with Gasteiger partial charge in [-0.3, -0.25) is 0 Å². The van der Waals surface area contributed by atoms with Crippen LogP contribution in [0.3, 0.4) is 0 Å². The number of carbonyl (C=O) groups excluding carboxylic acids is 1. The Morgan fingerprint density at radius 1 is 1.23 bits per heavy atom. The first kappa shape index (κ1) is 7.71. The van der Waals surface area contributed by atoms with Crippen molar-refractivity contribution in [1.82, 2.24) is 0 Å². The molecule has 0 amide bonds. The molecule has 0 fully saturated rings.